The molecule has 2 N–H and O–H groups in total. The van der Waals surface area contributed by atoms with Crippen LogP contribution in [0.3, 0.4) is 0 Å². The number of fused-ring (bicyclic) bond motifs is 1. The van der Waals surface area contributed by atoms with Crippen LogP contribution >= 0.6 is 35.3 Å². The lowest BCUT2D eigenvalue weighted by atomic mass is 10.3. The lowest BCUT2D eigenvalue weighted by Crippen LogP contribution is -2.39. The molecule has 3 aromatic rings. The van der Waals surface area contributed by atoms with Crippen molar-refractivity contribution in [2.75, 3.05) is 26.2 Å². The van der Waals surface area contributed by atoms with Crippen molar-refractivity contribution in [1.29, 1.82) is 0 Å². The minimum Gasteiger partial charge on any atom is -0.457 e. The van der Waals surface area contributed by atoms with E-state index >= 15 is 0 Å². The number of hydrogen-bond acceptors (Lipinski definition) is 5. The van der Waals surface area contributed by atoms with Crippen molar-refractivity contribution in [2.45, 2.75) is 32.7 Å². The first kappa shape index (κ1) is 23.5. The van der Waals surface area contributed by atoms with Gasteiger partial charge in [-0.25, -0.2) is 9.98 Å². The van der Waals surface area contributed by atoms with Gasteiger partial charge in [-0.2, -0.15) is 0 Å². The Balaban J connectivity index is 0.00000272. The molecule has 9 heteroatoms. The Hall–Kier alpha value is -2.14. The molecule has 0 atom stereocenters. The Bertz CT molecular complexity index is 999. The maximum atomic E-state index is 11.7. The van der Waals surface area contributed by atoms with Crippen molar-refractivity contribution in [2.24, 2.45) is 4.99 Å². The van der Waals surface area contributed by atoms with Gasteiger partial charge in [0.2, 0.25) is 5.91 Å². The molecule has 0 aliphatic carbocycles. The van der Waals surface area contributed by atoms with Crippen LogP contribution in [0.4, 0.5) is 0 Å². The van der Waals surface area contributed by atoms with Crippen LogP contribution in [0.1, 0.15) is 31.9 Å². The summed E-state index contributed by atoms with van der Waals surface area (Å²) in [6.45, 7) is 5.73. The van der Waals surface area contributed by atoms with Crippen LogP contribution in [-0.4, -0.2) is 47.9 Å². The van der Waals surface area contributed by atoms with Crippen molar-refractivity contribution in [3.05, 3.63) is 42.2 Å². The van der Waals surface area contributed by atoms with E-state index in [0.29, 0.717) is 13.0 Å². The number of nitrogens with zero attached hydrogens (tertiary/aromatic N) is 3. The number of hydrogen-bond donors (Lipinski definition) is 2. The normalized spacial score (nSPS) is 14.2. The van der Waals surface area contributed by atoms with Crippen LogP contribution in [0.2, 0.25) is 0 Å². The van der Waals surface area contributed by atoms with E-state index < -0.39 is 0 Å². The number of carbonyl (C=O) groups is 1. The highest BCUT2D eigenvalue weighted by atomic mass is 127. The highest BCUT2D eigenvalue weighted by molar-refractivity contribution is 14.0. The maximum absolute atomic E-state index is 11.7. The van der Waals surface area contributed by atoms with Gasteiger partial charge in [-0.05, 0) is 44.0 Å². The lowest BCUT2D eigenvalue weighted by Gasteiger charge is -2.16. The van der Waals surface area contributed by atoms with Crippen molar-refractivity contribution in [3.63, 3.8) is 0 Å². The first-order valence-electron chi connectivity index (χ1n) is 10.5. The van der Waals surface area contributed by atoms with Gasteiger partial charge in [0.1, 0.15) is 12.3 Å². The molecule has 1 fully saturated rings. The summed E-state index contributed by atoms with van der Waals surface area (Å²) in [7, 11) is 0. The Morgan fingerprint density at radius 3 is 2.90 bits per heavy atom. The summed E-state index contributed by atoms with van der Waals surface area (Å²) in [5.41, 5.74) is 0.989. The molecule has 0 radical (unpaired) electrons. The van der Waals surface area contributed by atoms with E-state index in [2.05, 4.69) is 26.7 Å². The number of aliphatic imine (C=N–C) groups is 1. The van der Waals surface area contributed by atoms with Gasteiger partial charge in [0, 0.05) is 32.6 Å². The van der Waals surface area contributed by atoms with E-state index in [9.17, 15) is 4.79 Å². The fraction of sp³-hybridized carbons (Fsp3) is 0.409. The van der Waals surface area contributed by atoms with Crippen LogP contribution < -0.4 is 10.6 Å². The minimum atomic E-state index is 0. The maximum Gasteiger partial charge on any atom is 0.222 e. The zero-order valence-electron chi connectivity index (χ0n) is 17.6. The molecule has 0 bridgehead atoms. The molecule has 1 aliphatic heterocycles. The number of halogens is 1. The minimum absolute atomic E-state index is 0. The molecule has 0 spiro atoms. The first-order chi connectivity index (χ1) is 14.7. The molecule has 31 heavy (non-hydrogen) atoms. The summed E-state index contributed by atoms with van der Waals surface area (Å²) in [4.78, 5) is 22.9. The molecular formula is C22H28IN5O2S. The molecule has 1 saturated heterocycles. The van der Waals surface area contributed by atoms with Gasteiger partial charge in [0.05, 0.1) is 10.2 Å². The second-order valence-corrected chi connectivity index (χ2v) is 8.24. The van der Waals surface area contributed by atoms with Crippen molar-refractivity contribution in [3.8, 4) is 10.8 Å². The topological polar surface area (TPSA) is 82.8 Å². The second-order valence-electron chi connectivity index (χ2n) is 7.21. The first-order valence-corrected chi connectivity index (χ1v) is 11.3. The molecule has 1 amide bonds. The lowest BCUT2D eigenvalue weighted by molar-refractivity contribution is -0.127. The third-order valence-corrected chi connectivity index (χ3v) is 6.02. The molecule has 1 aromatic carbocycles. The second kappa shape index (κ2) is 11.5. The van der Waals surface area contributed by atoms with Crippen molar-refractivity contribution in [1.82, 2.24) is 20.5 Å². The summed E-state index contributed by atoms with van der Waals surface area (Å²) in [5.74, 6) is 2.60. The van der Waals surface area contributed by atoms with Crippen molar-refractivity contribution < 1.29 is 9.21 Å². The van der Waals surface area contributed by atoms with Gasteiger partial charge < -0.3 is 20.0 Å². The van der Waals surface area contributed by atoms with Gasteiger partial charge in [0.25, 0.3) is 0 Å². The monoisotopic (exact) mass is 553 g/mol. The number of likely N-dealkylation sites (tertiary alicyclic amines) is 1. The smallest absolute Gasteiger partial charge is 0.222 e. The van der Waals surface area contributed by atoms with Gasteiger partial charge in [-0.1, -0.05) is 12.1 Å². The SMILES string of the molecule is CCNC(=NCc1ccc(-c2nc3ccccc3s2)o1)NCCCN1CCCC1=O.I. The molecule has 3 heterocycles. The molecule has 166 valence electrons. The Morgan fingerprint density at radius 2 is 2.13 bits per heavy atom. The predicted molar refractivity (Wildman–Crippen MR) is 136 cm³/mol. The van der Waals surface area contributed by atoms with E-state index in [1.807, 2.05) is 42.2 Å². The predicted octanol–water partition coefficient (Wildman–Crippen LogP) is 4.24. The number of furan rings is 1. The summed E-state index contributed by atoms with van der Waals surface area (Å²) in [5, 5.41) is 7.47. The number of guanidine groups is 1. The van der Waals surface area contributed by atoms with Gasteiger partial charge in [-0.15, -0.1) is 35.3 Å². The number of aromatic nitrogens is 1. The fourth-order valence-corrected chi connectivity index (χ4v) is 4.40. The number of para-hydroxylation sites is 1. The van der Waals surface area contributed by atoms with Crippen LogP contribution in [0, 0.1) is 0 Å². The Labute approximate surface area is 203 Å². The number of nitrogens with one attached hydrogen (secondary N) is 2. The van der Waals surface area contributed by atoms with E-state index in [0.717, 1.165) is 71.7 Å². The highest BCUT2D eigenvalue weighted by Crippen LogP contribution is 2.31. The van der Waals surface area contributed by atoms with Crippen LogP contribution in [0.25, 0.3) is 21.0 Å². The molecule has 0 unspecified atom stereocenters. The molecule has 2 aromatic heterocycles. The summed E-state index contributed by atoms with van der Waals surface area (Å²) in [6, 6.07) is 12.0. The molecular weight excluding hydrogens is 525 g/mol. The van der Waals surface area contributed by atoms with E-state index in [-0.39, 0.29) is 29.9 Å². The van der Waals surface area contributed by atoms with Crippen molar-refractivity contribution >= 4 is 57.4 Å². The standard InChI is InChI=1S/C22H27N5O2S.HI/c1-2-23-22(24-12-6-14-27-13-5-9-20(27)28)25-15-16-10-11-18(29-16)21-26-17-7-3-4-8-19(17)30-21;/h3-4,7-8,10-11H,2,5-6,9,12-15H2,1H3,(H2,23,24,25);1H. The number of thiazole rings is 1. The highest BCUT2D eigenvalue weighted by Gasteiger charge is 2.19. The van der Waals surface area contributed by atoms with Gasteiger partial charge in [-0.3, -0.25) is 4.79 Å². The number of carbonyl (C=O) groups excluding carboxylic acids is 1. The number of rotatable bonds is 8. The Morgan fingerprint density at radius 1 is 1.26 bits per heavy atom. The number of benzene rings is 1. The summed E-state index contributed by atoms with van der Waals surface area (Å²) < 4.78 is 7.12. The molecule has 1 aliphatic rings. The zero-order valence-corrected chi connectivity index (χ0v) is 20.7. The molecule has 7 nitrogen and oxygen atoms in total. The van der Waals surface area contributed by atoms with Gasteiger partial charge >= 0.3 is 0 Å². The molecule has 0 saturated carbocycles. The van der Waals surface area contributed by atoms with E-state index in [4.69, 9.17) is 4.42 Å². The van der Waals surface area contributed by atoms with Crippen LogP contribution in [0.5, 0.6) is 0 Å². The van der Waals surface area contributed by atoms with E-state index in [1.54, 1.807) is 11.3 Å². The number of amides is 1. The fourth-order valence-electron chi connectivity index (χ4n) is 3.47. The van der Waals surface area contributed by atoms with E-state index in [1.165, 1.54) is 0 Å². The zero-order chi connectivity index (χ0) is 20.8. The average Bonchev–Trinajstić information content (AvgIpc) is 3.48. The summed E-state index contributed by atoms with van der Waals surface area (Å²) in [6.07, 6.45) is 2.58. The third-order valence-electron chi connectivity index (χ3n) is 4.97. The quantitative estimate of drug-likeness (QED) is 0.189. The van der Waals surface area contributed by atoms with Gasteiger partial charge in [0.15, 0.2) is 16.7 Å². The Kier molecular flexibility index (Phi) is 8.70. The average molecular weight is 553 g/mol. The van der Waals surface area contributed by atoms with Crippen LogP contribution in [-0.2, 0) is 11.3 Å². The largest absolute Gasteiger partial charge is 0.457 e. The third kappa shape index (κ3) is 6.19. The van der Waals surface area contributed by atoms with Crippen LogP contribution in [0.15, 0.2) is 45.8 Å². The molecule has 4 rings (SSSR count). The summed E-state index contributed by atoms with van der Waals surface area (Å²) >= 11 is 1.63.